The standard InChI is InChI=1S/C13H14N4O2S/c18-11-4-1-7(6-14-11)12(19)15-8-2-3-9-10(5-8)17-13(20)16-9/h2-3,5,7H,1,4,6H2,(H,14,18)(H,15,19)(H2,16,17,20)/t7-/m1/s1. The van der Waals surface area contributed by atoms with Crippen LogP contribution in [0.4, 0.5) is 5.69 Å². The van der Waals surface area contributed by atoms with Gasteiger partial charge in [-0.2, -0.15) is 0 Å². The van der Waals surface area contributed by atoms with Gasteiger partial charge in [0.25, 0.3) is 0 Å². The summed E-state index contributed by atoms with van der Waals surface area (Å²) in [6.07, 6.45) is 0.995. The number of nitrogens with one attached hydrogen (secondary N) is 4. The molecule has 1 aliphatic heterocycles. The summed E-state index contributed by atoms with van der Waals surface area (Å²) in [6.45, 7) is 0.402. The Kier molecular flexibility index (Phi) is 3.27. The Balaban J connectivity index is 1.73. The number of benzene rings is 1. The lowest BCUT2D eigenvalue weighted by Crippen LogP contribution is -2.40. The summed E-state index contributed by atoms with van der Waals surface area (Å²) in [5, 5.41) is 5.58. The minimum Gasteiger partial charge on any atom is -0.355 e. The van der Waals surface area contributed by atoms with E-state index in [1.54, 1.807) is 0 Å². The zero-order valence-corrected chi connectivity index (χ0v) is 11.5. The number of carbonyl (C=O) groups is 2. The van der Waals surface area contributed by atoms with Crippen molar-refractivity contribution in [1.29, 1.82) is 0 Å². The average Bonchev–Trinajstić information content (AvgIpc) is 2.78. The first-order chi connectivity index (χ1) is 9.61. The number of H-pyrrole nitrogens is 2. The Bertz CT molecular complexity index is 723. The molecule has 0 radical (unpaired) electrons. The van der Waals surface area contributed by atoms with Gasteiger partial charge < -0.3 is 20.6 Å². The van der Waals surface area contributed by atoms with Gasteiger partial charge in [0, 0.05) is 18.7 Å². The number of aromatic amines is 2. The number of carbonyl (C=O) groups excluding carboxylic acids is 2. The van der Waals surface area contributed by atoms with E-state index in [4.69, 9.17) is 12.2 Å². The van der Waals surface area contributed by atoms with Crippen molar-refractivity contribution < 1.29 is 9.59 Å². The van der Waals surface area contributed by atoms with Crippen LogP contribution >= 0.6 is 12.2 Å². The van der Waals surface area contributed by atoms with Gasteiger partial charge in [-0.1, -0.05) is 0 Å². The largest absolute Gasteiger partial charge is 0.355 e. The molecule has 7 heteroatoms. The van der Waals surface area contributed by atoms with Crippen molar-refractivity contribution in [2.75, 3.05) is 11.9 Å². The molecule has 1 aliphatic rings. The monoisotopic (exact) mass is 290 g/mol. The van der Waals surface area contributed by atoms with Crippen molar-refractivity contribution in [3.63, 3.8) is 0 Å². The number of imidazole rings is 1. The molecule has 0 spiro atoms. The van der Waals surface area contributed by atoms with Gasteiger partial charge in [0.05, 0.1) is 17.0 Å². The second-order valence-corrected chi connectivity index (χ2v) is 5.28. The SMILES string of the molecule is O=C1CC[C@@H](C(=O)Nc2ccc3[nH]c(=S)[nH]c3c2)CN1. The molecule has 1 aromatic heterocycles. The third-order valence-electron chi connectivity index (χ3n) is 3.42. The van der Waals surface area contributed by atoms with Crippen molar-refractivity contribution in [1.82, 2.24) is 15.3 Å². The van der Waals surface area contributed by atoms with Crippen LogP contribution in [0.15, 0.2) is 18.2 Å². The fraction of sp³-hybridized carbons (Fsp3) is 0.308. The summed E-state index contributed by atoms with van der Waals surface area (Å²) in [6, 6.07) is 5.52. The third-order valence-corrected chi connectivity index (χ3v) is 3.62. The van der Waals surface area contributed by atoms with Gasteiger partial charge in [0.2, 0.25) is 11.8 Å². The molecule has 1 saturated heterocycles. The first kappa shape index (κ1) is 12.9. The van der Waals surface area contributed by atoms with Gasteiger partial charge in [-0.15, -0.1) is 0 Å². The normalized spacial score (nSPS) is 18.8. The predicted molar refractivity (Wildman–Crippen MR) is 77.8 cm³/mol. The van der Waals surface area contributed by atoms with Crippen molar-refractivity contribution in [3.05, 3.63) is 23.0 Å². The number of rotatable bonds is 2. The topological polar surface area (TPSA) is 89.8 Å². The van der Waals surface area contributed by atoms with E-state index in [-0.39, 0.29) is 17.7 Å². The van der Waals surface area contributed by atoms with E-state index in [2.05, 4.69) is 20.6 Å². The lowest BCUT2D eigenvalue weighted by atomic mass is 9.98. The molecular weight excluding hydrogens is 276 g/mol. The summed E-state index contributed by atoms with van der Waals surface area (Å²) >= 11 is 5.02. The average molecular weight is 290 g/mol. The van der Waals surface area contributed by atoms with Gasteiger partial charge in [-0.3, -0.25) is 9.59 Å². The fourth-order valence-corrected chi connectivity index (χ4v) is 2.53. The molecular formula is C13H14N4O2S. The molecule has 4 N–H and O–H groups in total. The highest BCUT2D eigenvalue weighted by Crippen LogP contribution is 2.18. The molecule has 20 heavy (non-hydrogen) atoms. The van der Waals surface area contributed by atoms with Crippen LogP contribution in [0, 0.1) is 10.7 Å². The zero-order chi connectivity index (χ0) is 14.1. The van der Waals surface area contributed by atoms with Crippen molar-refractivity contribution in [3.8, 4) is 0 Å². The molecule has 0 bridgehead atoms. The van der Waals surface area contributed by atoms with Gasteiger partial charge in [-0.05, 0) is 36.8 Å². The zero-order valence-electron chi connectivity index (χ0n) is 10.7. The van der Waals surface area contributed by atoms with Crippen LogP contribution in [0.2, 0.25) is 0 Å². The van der Waals surface area contributed by atoms with Gasteiger partial charge in [0.1, 0.15) is 0 Å². The molecule has 0 aliphatic carbocycles. The summed E-state index contributed by atoms with van der Waals surface area (Å²) in [5.41, 5.74) is 2.47. The van der Waals surface area contributed by atoms with E-state index in [0.717, 1.165) is 11.0 Å². The van der Waals surface area contributed by atoms with E-state index in [9.17, 15) is 9.59 Å². The second-order valence-electron chi connectivity index (χ2n) is 4.87. The number of hydrogen-bond acceptors (Lipinski definition) is 3. The van der Waals surface area contributed by atoms with E-state index in [1.807, 2.05) is 18.2 Å². The molecule has 1 fully saturated rings. The summed E-state index contributed by atoms with van der Waals surface area (Å²) in [7, 11) is 0. The Morgan fingerprint density at radius 2 is 2.10 bits per heavy atom. The van der Waals surface area contributed by atoms with E-state index < -0.39 is 0 Å². The number of fused-ring (bicyclic) bond motifs is 1. The maximum Gasteiger partial charge on any atom is 0.229 e. The van der Waals surface area contributed by atoms with Crippen molar-refractivity contribution in [2.45, 2.75) is 12.8 Å². The molecule has 0 saturated carbocycles. The second kappa shape index (κ2) is 5.09. The van der Waals surface area contributed by atoms with Crippen LogP contribution in [-0.4, -0.2) is 28.3 Å². The summed E-state index contributed by atoms with van der Waals surface area (Å²) < 4.78 is 0.554. The van der Waals surface area contributed by atoms with E-state index in [0.29, 0.717) is 29.8 Å². The fourth-order valence-electron chi connectivity index (χ4n) is 2.31. The summed E-state index contributed by atoms with van der Waals surface area (Å²) in [5.74, 6) is -0.234. The molecule has 104 valence electrons. The molecule has 1 aromatic carbocycles. The Labute approximate surface area is 120 Å². The highest BCUT2D eigenvalue weighted by molar-refractivity contribution is 7.71. The van der Waals surface area contributed by atoms with E-state index in [1.165, 1.54) is 0 Å². The molecule has 2 amide bonds. The minimum absolute atomic E-state index is 0.00960. The van der Waals surface area contributed by atoms with Crippen LogP contribution in [0.25, 0.3) is 11.0 Å². The molecule has 3 rings (SSSR count). The first-order valence-electron chi connectivity index (χ1n) is 6.41. The van der Waals surface area contributed by atoms with Crippen LogP contribution in [0.1, 0.15) is 12.8 Å². The van der Waals surface area contributed by atoms with Crippen LogP contribution in [-0.2, 0) is 9.59 Å². The lowest BCUT2D eigenvalue weighted by molar-refractivity contribution is -0.126. The Hall–Kier alpha value is -2.15. The number of piperidine rings is 1. The van der Waals surface area contributed by atoms with Crippen LogP contribution in [0.3, 0.4) is 0 Å². The van der Waals surface area contributed by atoms with Crippen molar-refractivity contribution >= 4 is 40.8 Å². The lowest BCUT2D eigenvalue weighted by Gasteiger charge is -2.21. The van der Waals surface area contributed by atoms with Gasteiger partial charge in [-0.25, -0.2) is 0 Å². The van der Waals surface area contributed by atoms with Crippen LogP contribution < -0.4 is 10.6 Å². The predicted octanol–water partition coefficient (Wildman–Crippen LogP) is 1.69. The number of anilines is 1. The molecule has 1 atom stereocenters. The van der Waals surface area contributed by atoms with E-state index >= 15 is 0 Å². The quantitative estimate of drug-likeness (QED) is 0.634. The maximum absolute atomic E-state index is 12.1. The van der Waals surface area contributed by atoms with Gasteiger partial charge >= 0.3 is 0 Å². The molecule has 2 aromatic rings. The summed E-state index contributed by atoms with van der Waals surface area (Å²) in [4.78, 5) is 29.2. The highest BCUT2D eigenvalue weighted by Gasteiger charge is 2.24. The van der Waals surface area contributed by atoms with Crippen molar-refractivity contribution in [2.24, 2.45) is 5.92 Å². The Morgan fingerprint density at radius 1 is 1.30 bits per heavy atom. The molecule has 2 heterocycles. The number of hydrogen-bond donors (Lipinski definition) is 4. The number of aromatic nitrogens is 2. The molecule has 6 nitrogen and oxygen atoms in total. The minimum atomic E-state index is -0.173. The number of amides is 2. The van der Waals surface area contributed by atoms with Crippen LogP contribution in [0.5, 0.6) is 0 Å². The highest BCUT2D eigenvalue weighted by atomic mass is 32.1. The Morgan fingerprint density at radius 3 is 2.85 bits per heavy atom. The molecule has 0 unspecified atom stereocenters. The smallest absolute Gasteiger partial charge is 0.229 e. The first-order valence-corrected chi connectivity index (χ1v) is 6.82. The maximum atomic E-state index is 12.1. The third kappa shape index (κ3) is 2.57. The van der Waals surface area contributed by atoms with Gasteiger partial charge in [0.15, 0.2) is 4.77 Å².